The molecule has 0 fully saturated rings. The fraction of sp³-hybridized carbons (Fsp3) is 0.974. The Bertz CT molecular complexity index is 650. The lowest BCUT2D eigenvalue weighted by atomic mass is 10.1. The zero-order valence-electron chi connectivity index (χ0n) is 32.2. The second kappa shape index (κ2) is 47.4. The number of carbonyl (C=O) groups is 1. The average Bonchev–Trinajstić information content (AvgIpc) is 3.14. The molecule has 0 radical (unpaired) electrons. The number of rotatable bonds is 46. The van der Waals surface area contributed by atoms with Gasteiger partial charge in [-0.25, -0.2) is 0 Å². The molecule has 0 amide bonds. The molecule has 0 rings (SSSR count). The van der Waals surface area contributed by atoms with E-state index in [4.69, 9.17) is 63.7 Å². The monoisotopic (exact) mass is 758 g/mol. The first kappa shape index (κ1) is 50.4. The number of halogens is 1. The van der Waals surface area contributed by atoms with Crippen molar-refractivity contribution in [1.82, 2.24) is 0 Å². The van der Waals surface area contributed by atoms with Crippen molar-refractivity contribution in [1.29, 1.82) is 0 Å². The lowest BCUT2D eigenvalue weighted by molar-refractivity contribution is -0.145. The number of carbonyl (C=O) groups excluding carboxylic acids is 1. The maximum atomic E-state index is 11.8. The Balaban J connectivity index is 3.10. The van der Waals surface area contributed by atoms with Crippen molar-refractivity contribution >= 4 is 17.6 Å². The van der Waals surface area contributed by atoms with Crippen LogP contribution in [-0.4, -0.2) is 151 Å². The SMILES string of the molecule is CCCCCCCCCCCC(=O)OCCOCCOCCOCCOCCOCCOCCOCCOCCOCCOCCCCCCCl. The Labute approximate surface area is 315 Å². The summed E-state index contributed by atoms with van der Waals surface area (Å²) >= 11 is 5.66. The lowest BCUT2D eigenvalue weighted by Gasteiger charge is -2.09. The molecule has 0 saturated carbocycles. The molecule has 0 N–H and O–H groups in total. The van der Waals surface area contributed by atoms with Crippen LogP contribution < -0.4 is 0 Å². The molecular formula is C38H75ClO12. The summed E-state index contributed by atoms with van der Waals surface area (Å²) in [6.45, 7) is 13.0. The molecule has 0 heterocycles. The summed E-state index contributed by atoms with van der Waals surface area (Å²) < 4.78 is 60.1. The zero-order chi connectivity index (χ0) is 36.8. The smallest absolute Gasteiger partial charge is 0.305 e. The van der Waals surface area contributed by atoms with Crippen molar-refractivity contribution in [2.75, 3.05) is 145 Å². The van der Waals surface area contributed by atoms with Gasteiger partial charge in [0.1, 0.15) is 6.61 Å². The highest BCUT2D eigenvalue weighted by atomic mass is 35.5. The molecule has 0 aromatic carbocycles. The van der Waals surface area contributed by atoms with Gasteiger partial charge >= 0.3 is 5.97 Å². The highest BCUT2D eigenvalue weighted by Crippen LogP contribution is 2.10. The van der Waals surface area contributed by atoms with Crippen molar-refractivity contribution < 1.29 is 56.9 Å². The molecule has 0 bridgehead atoms. The third-order valence-corrected chi connectivity index (χ3v) is 7.76. The molecule has 51 heavy (non-hydrogen) atoms. The van der Waals surface area contributed by atoms with Crippen LogP contribution in [0.15, 0.2) is 0 Å². The predicted molar refractivity (Wildman–Crippen MR) is 200 cm³/mol. The first-order valence-corrected chi connectivity index (χ1v) is 20.3. The van der Waals surface area contributed by atoms with Gasteiger partial charge in [-0.05, 0) is 19.3 Å². The van der Waals surface area contributed by atoms with E-state index in [1.54, 1.807) is 0 Å². The van der Waals surface area contributed by atoms with Crippen LogP contribution in [0, 0.1) is 0 Å². The molecule has 13 heteroatoms. The van der Waals surface area contributed by atoms with E-state index in [0.717, 1.165) is 38.2 Å². The van der Waals surface area contributed by atoms with Gasteiger partial charge < -0.3 is 52.1 Å². The van der Waals surface area contributed by atoms with Gasteiger partial charge in [0.15, 0.2) is 0 Å². The van der Waals surface area contributed by atoms with Crippen molar-refractivity contribution in [2.24, 2.45) is 0 Å². The molecule has 0 aliphatic heterocycles. The summed E-state index contributed by atoms with van der Waals surface area (Å²) in [5.74, 6) is 0.607. The van der Waals surface area contributed by atoms with E-state index in [-0.39, 0.29) is 12.6 Å². The Morgan fingerprint density at radius 1 is 0.333 bits per heavy atom. The van der Waals surface area contributed by atoms with Crippen molar-refractivity contribution in [3.8, 4) is 0 Å². The highest BCUT2D eigenvalue weighted by Gasteiger charge is 2.03. The van der Waals surface area contributed by atoms with Crippen molar-refractivity contribution in [3.63, 3.8) is 0 Å². The van der Waals surface area contributed by atoms with E-state index in [2.05, 4.69) is 6.92 Å². The van der Waals surface area contributed by atoms with Crippen LogP contribution in [0.5, 0.6) is 0 Å². The van der Waals surface area contributed by atoms with Gasteiger partial charge in [-0.1, -0.05) is 71.1 Å². The van der Waals surface area contributed by atoms with Crippen LogP contribution in [0.1, 0.15) is 96.8 Å². The largest absolute Gasteiger partial charge is 0.463 e. The molecule has 0 atom stereocenters. The molecular weight excluding hydrogens is 684 g/mol. The normalized spacial score (nSPS) is 11.5. The summed E-state index contributed by atoms with van der Waals surface area (Å²) in [5, 5.41) is 0. The molecule has 0 aromatic heterocycles. The third kappa shape index (κ3) is 47.3. The lowest BCUT2D eigenvalue weighted by Crippen LogP contribution is -2.15. The number of ether oxygens (including phenoxy) is 11. The quantitative estimate of drug-likeness (QED) is 0.0388. The average molecular weight is 759 g/mol. The second-order valence-corrected chi connectivity index (χ2v) is 12.4. The number of hydrogen-bond acceptors (Lipinski definition) is 12. The Morgan fingerprint density at radius 2 is 0.608 bits per heavy atom. The summed E-state index contributed by atoms with van der Waals surface area (Å²) in [5.41, 5.74) is 0. The van der Waals surface area contributed by atoms with Crippen LogP contribution in [0.3, 0.4) is 0 Å². The standard InChI is InChI=1S/C38H75ClO12/c1-2-3-4-5-6-7-8-9-12-15-38(40)51-37-36-50-35-34-49-33-32-48-31-30-47-29-28-46-27-26-45-25-24-44-23-22-43-21-20-42-19-18-41-17-14-11-10-13-16-39/h2-37H2,1H3. The summed E-state index contributed by atoms with van der Waals surface area (Å²) in [6, 6.07) is 0. The predicted octanol–water partition coefficient (Wildman–Crippen LogP) is 6.42. The number of hydrogen-bond donors (Lipinski definition) is 0. The van der Waals surface area contributed by atoms with E-state index in [9.17, 15) is 4.79 Å². The minimum atomic E-state index is -0.135. The fourth-order valence-electron chi connectivity index (χ4n) is 4.60. The van der Waals surface area contributed by atoms with Gasteiger partial charge in [0, 0.05) is 18.9 Å². The molecule has 0 spiro atoms. The zero-order valence-corrected chi connectivity index (χ0v) is 33.0. The highest BCUT2D eigenvalue weighted by molar-refractivity contribution is 6.17. The van der Waals surface area contributed by atoms with Gasteiger partial charge in [0.2, 0.25) is 0 Å². The fourth-order valence-corrected chi connectivity index (χ4v) is 4.79. The first-order chi connectivity index (χ1) is 25.3. The van der Waals surface area contributed by atoms with Gasteiger partial charge in [-0.3, -0.25) is 4.79 Å². The van der Waals surface area contributed by atoms with E-state index in [1.165, 1.54) is 57.8 Å². The Morgan fingerprint density at radius 3 is 0.961 bits per heavy atom. The van der Waals surface area contributed by atoms with E-state index in [1.807, 2.05) is 0 Å². The van der Waals surface area contributed by atoms with Crippen LogP contribution in [-0.2, 0) is 56.9 Å². The Kier molecular flexibility index (Phi) is 46.8. The molecule has 306 valence electrons. The minimum absolute atomic E-state index is 0.135. The maximum Gasteiger partial charge on any atom is 0.305 e. The van der Waals surface area contributed by atoms with E-state index >= 15 is 0 Å². The molecule has 0 aliphatic carbocycles. The van der Waals surface area contributed by atoms with E-state index < -0.39 is 0 Å². The molecule has 0 aliphatic rings. The number of unbranched alkanes of at least 4 members (excludes halogenated alkanes) is 11. The molecule has 0 unspecified atom stereocenters. The molecule has 12 nitrogen and oxygen atoms in total. The van der Waals surface area contributed by atoms with Gasteiger partial charge in [-0.15, -0.1) is 11.6 Å². The maximum absolute atomic E-state index is 11.8. The van der Waals surface area contributed by atoms with Crippen LogP contribution in [0.4, 0.5) is 0 Å². The van der Waals surface area contributed by atoms with Crippen LogP contribution in [0.2, 0.25) is 0 Å². The van der Waals surface area contributed by atoms with Gasteiger partial charge in [0.05, 0.1) is 126 Å². The number of alkyl halides is 1. The van der Waals surface area contributed by atoms with Crippen molar-refractivity contribution in [3.05, 3.63) is 0 Å². The van der Waals surface area contributed by atoms with Crippen LogP contribution >= 0.6 is 11.6 Å². The minimum Gasteiger partial charge on any atom is -0.463 e. The van der Waals surface area contributed by atoms with Gasteiger partial charge in [0.25, 0.3) is 0 Å². The number of esters is 1. The van der Waals surface area contributed by atoms with Gasteiger partial charge in [-0.2, -0.15) is 0 Å². The summed E-state index contributed by atoms with van der Waals surface area (Å²) in [7, 11) is 0. The second-order valence-electron chi connectivity index (χ2n) is 12.0. The topological polar surface area (TPSA) is 119 Å². The Hall–Kier alpha value is -0.640. The molecule has 0 saturated heterocycles. The molecule has 0 aromatic rings. The van der Waals surface area contributed by atoms with Crippen molar-refractivity contribution in [2.45, 2.75) is 96.8 Å². The third-order valence-electron chi connectivity index (χ3n) is 7.50. The van der Waals surface area contributed by atoms with E-state index in [0.29, 0.717) is 132 Å². The van der Waals surface area contributed by atoms with Crippen LogP contribution in [0.25, 0.3) is 0 Å². The summed E-state index contributed by atoms with van der Waals surface area (Å²) in [6.07, 6.45) is 16.1. The first-order valence-electron chi connectivity index (χ1n) is 19.8. The summed E-state index contributed by atoms with van der Waals surface area (Å²) in [4.78, 5) is 11.8.